The third-order valence-electron chi connectivity index (χ3n) is 5.08. The van der Waals surface area contributed by atoms with E-state index in [1.165, 1.54) is 44.2 Å². The summed E-state index contributed by atoms with van der Waals surface area (Å²) in [6.07, 6.45) is 8.71. The van der Waals surface area contributed by atoms with Crippen LogP contribution in [-0.4, -0.2) is 5.11 Å². The molecule has 2 aromatic rings. The second-order valence-electron chi connectivity index (χ2n) is 6.92. The summed E-state index contributed by atoms with van der Waals surface area (Å²) in [5.74, 6) is -0.159. The number of benzene rings is 2. The highest BCUT2D eigenvalue weighted by atomic mass is 19.1. The van der Waals surface area contributed by atoms with E-state index in [0.717, 1.165) is 35.8 Å². The Labute approximate surface area is 149 Å². The molecule has 0 atom stereocenters. The van der Waals surface area contributed by atoms with Crippen molar-refractivity contribution in [2.75, 3.05) is 4.90 Å². The Kier molecular flexibility index (Phi) is 5.75. The first kappa shape index (κ1) is 17.5. The van der Waals surface area contributed by atoms with Crippen molar-refractivity contribution in [1.82, 2.24) is 0 Å². The lowest BCUT2D eigenvalue weighted by Crippen LogP contribution is -2.17. The Hall–Kier alpha value is -2.29. The van der Waals surface area contributed by atoms with Gasteiger partial charge in [-0.2, -0.15) is 0 Å². The van der Waals surface area contributed by atoms with Crippen molar-refractivity contribution in [1.29, 1.82) is 0 Å². The highest BCUT2D eigenvalue weighted by Gasteiger charge is 2.18. The van der Waals surface area contributed by atoms with Gasteiger partial charge in [-0.3, -0.25) is 0 Å². The lowest BCUT2D eigenvalue weighted by molar-refractivity contribution is 0.339. The first-order valence-corrected chi connectivity index (χ1v) is 9.16. The first-order valence-electron chi connectivity index (χ1n) is 9.16. The van der Waals surface area contributed by atoms with Gasteiger partial charge in [-0.15, -0.1) is 0 Å². The Morgan fingerprint density at radius 1 is 1.04 bits per heavy atom. The van der Waals surface area contributed by atoms with Crippen molar-refractivity contribution < 1.29 is 9.50 Å². The molecule has 1 N–H and O–H groups in total. The third kappa shape index (κ3) is 4.41. The zero-order valence-corrected chi connectivity index (χ0v) is 14.6. The van der Waals surface area contributed by atoms with E-state index < -0.39 is 5.82 Å². The van der Waals surface area contributed by atoms with Crippen molar-refractivity contribution in [2.45, 2.75) is 44.9 Å². The largest absolute Gasteiger partial charge is 0.505 e. The fourth-order valence-electron chi connectivity index (χ4n) is 3.69. The number of allylic oxidation sites excluding steroid dienone is 1. The molecule has 1 saturated carbocycles. The Balaban J connectivity index is 1.80. The highest BCUT2D eigenvalue weighted by molar-refractivity contribution is 5.69. The van der Waals surface area contributed by atoms with E-state index in [2.05, 4.69) is 6.58 Å². The molecule has 0 aliphatic heterocycles. The average molecular weight is 339 g/mol. The van der Waals surface area contributed by atoms with E-state index in [0.29, 0.717) is 0 Å². The summed E-state index contributed by atoms with van der Waals surface area (Å²) in [4.78, 5) is 2.02. The molecule has 0 bridgehead atoms. The van der Waals surface area contributed by atoms with Crippen LogP contribution in [0.5, 0.6) is 5.75 Å². The van der Waals surface area contributed by atoms with E-state index in [1.54, 1.807) is 6.07 Å². The predicted molar refractivity (Wildman–Crippen MR) is 102 cm³/mol. The van der Waals surface area contributed by atoms with Crippen LogP contribution in [0, 0.1) is 11.7 Å². The number of aromatic hydroxyl groups is 1. The molecule has 2 nitrogen and oxygen atoms in total. The van der Waals surface area contributed by atoms with Crippen LogP contribution >= 0.6 is 0 Å². The maximum absolute atomic E-state index is 13.5. The van der Waals surface area contributed by atoms with Gasteiger partial charge in [0.05, 0.1) is 0 Å². The maximum Gasteiger partial charge on any atom is 0.164 e. The van der Waals surface area contributed by atoms with Crippen molar-refractivity contribution in [3.05, 3.63) is 66.6 Å². The normalized spacial score (nSPS) is 15.1. The van der Waals surface area contributed by atoms with Gasteiger partial charge in [0.2, 0.25) is 0 Å². The number of hydrogen-bond acceptors (Lipinski definition) is 2. The van der Waals surface area contributed by atoms with Gasteiger partial charge in [0.25, 0.3) is 0 Å². The van der Waals surface area contributed by atoms with Crippen LogP contribution in [0.4, 0.5) is 15.8 Å². The summed E-state index contributed by atoms with van der Waals surface area (Å²) in [7, 11) is 0. The molecular formula is C22H26FNO. The van der Waals surface area contributed by atoms with E-state index >= 15 is 0 Å². The summed E-state index contributed by atoms with van der Waals surface area (Å²) in [5, 5.41) is 9.78. The third-order valence-corrected chi connectivity index (χ3v) is 5.08. The number of rotatable bonds is 6. The monoisotopic (exact) mass is 339 g/mol. The fraction of sp³-hybridized carbons (Fsp3) is 0.364. The van der Waals surface area contributed by atoms with E-state index in [4.69, 9.17) is 0 Å². The molecule has 0 radical (unpaired) electrons. The minimum absolute atomic E-state index is 0.335. The molecule has 1 aliphatic rings. The summed E-state index contributed by atoms with van der Waals surface area (Å²) >= 11 is 0. The van der Waals surface area contributed by atoms with E-state index in [-0.39, 0.29) is 5.75 Å². The fourth-order valence-corrected chi connectivity index (χ4v) is 3.69. The molecule has 0 aromatic heterocycles. The van der Waals surface area contributed by atoms with Crippen LogP contribution in [0.15, 0.2) is 60.8 Å². The molecule has 132 valence electrons. The summed E-state index contributed by atoms with van der Waals surface area (Å²) in [6, 6.07) is 14.4. The number of phenolic OH excluding ortho intramolecular Hbond substituents is 1. The molecule has 1 fully saturated rings. The average Bonchev–Trinajstić information content (AvgIpc) is 2.65. The molecular weight excluding hydrogens is 313 g/mol. The molecule has 0 spiro atoms. The van der Waals surface area contributed by atoms with Crippen LogP contribution in [0.25, 0.3) is 0 Å². The maximum atomic E-state index is 13.5. The number of hydrogen-bond donors (Lipinski definition) is 1. The molecule has 3 rings (SSSR count). The van der Waals surface area contributed by atoms with Gasteiger partial charge in [0.15, 0.2) is 11.6 Å². The molecule has 0 saturated heterocycles. The van der Waals surface area contributed by atoms with Gasteiger partial charge in [-0.05, 0) is 43.0 Å². The minimum atomic E-state index is -0.607. The van der Waals surface area contributed by atoms with Crippen molar-refractivity contribution >= 4 is 11.4 Å². The Morgan fingerprint density at radius 2 is 1.76 bits per heavy atom. The van der Waals surface area contributed by atoms with E-state index in [1.807, 2.05) is 35.2 Å². The lowest BCUT2D eigenvalue weighted by Gasteiger charge is -2.29. The van der Waals surface area contributed by atoms with Crippen molar-refractivity contribution in [3.8, 4) is 5.75 Å². The molecule has 3 heteroatoms. The Morgan fingerprint density at radius 3 is 2.44 bits per heavy atom. The topological polar surface area (TPSA) is 23.5 Å². The van der Waals surface area contributed by atoms with Crippen LogP contribution < -0.4 is 4.90 Å². The number of nitrogens with zero attached hydrogens (tertiary/aromatic N) is 1. The van der Waals surface area contributed by atoms with Gasteiger partial charge in [0.1, 0.15) is 0 Å². The van der Waals surface area contributed by atoms with Crippen LogP contribution in [0.2, 0.25) is 0 Å². The quantitative estimate of drug-likeness (QED) is 0.645. The summed E-state index contributed by atoms with van der Waals surface area (Å²) in [6.45, 7) is 4.29. The smallest absolute Gasteiger partial charge is 0.164 e. The highest BCUT2D eigenvalue weighted by Crippen LogP contribution is 2.35. The molecule has 2 aromatic carbocycles. The lowest BCUT2D eigenvalue weighted by atomic mass is 9.86. The molecule has 25 heavy (non-hydrogen) atoms. The van der Waals surface area contributed by atoms with Gasteiger partial charge in [-0.1, -0.05) is 56.9 Å². The molecule has 0 heterocycles. The summed E-state index contributed by atoms with van der Waals surface area (Å²) in [5.41, 5.74) is 2.68. The van der Waals surface area contributed by atoms with E-state index in [9.17, 15) is 9.50 Å². The van der Waals surface area contributed by atoms with Crippen LogP contribution in [-0.2, 0) is 0 Å². The predicted octanol–water partition coefficient (Wildman–Crippen LogP) is 6.54. The zero-order valence-electron chi connectivity index (χ0n) is 14.6. The SMILES string of the molecule is C=C(CCC1CCCCC1)N(c1ccccc1)c1ccc(F)c(O)c1. The Bertz CT molecular complexity index is 707. The first-order chi connectivity index (χ1) is 12.1. The second-order valence-corrected chi connectivity index (χ2v) is 6.92. The number of halogens is 1. The van der Waals surface area contributed by atoms with Gasteiger partial charge in [-0.25, -0.2) is 4.39 Å². The molecule has 0 unspecified atom stereocenters. The van der Waals surface area contributed by atoms with Crippen molar-refractivity contribution in [2.24, 2.45) is 5.92 Å². The number of para-hydroxylation sites is 1. The zero-order chi connectivity index (χ0) is 17.6. The van der Waals surface area contributed by atoms with Crippen LogP contribution in [0.3, 0.4) is 0 Å². The second kappa shape index (κ2) is 8.19. The van der Waals surface area contributed by atoms with Gasteiger partial charge >= 0.3 is 0 Å². The minimum Gasteiger partial charge on any atom is -0.505 e. The number of phenols is 1. The van der Waals surface area contributed by atoms with Gasteiger partial charge in [0, 0.05) is 23.1 Å². The molecule has 1 aliphatic carbocycles. The summed E-state index contributed by atoms with van der Waals surface area (Å²) < 4.78 is 13.5. The number of anilines is 2. The van der Waals surface area contributed by atoms with Crippen LogP contribution in [0.1, 0.15) is 44.9 Å². The van der Waals surface area contributed by atoms with Crippen molar-refractivity contribution in [3.63, 3.8) is 0 Å². The molecule has 0 amide bonds. The standard InChI is InChI=1S/C22H26FNO/c1-17(12-13-18-8-4-2-5-9-18)24(19-10-6-3-7-11-19)20-14-15-21(23)22(25)16-20/h3,6-7,10-11,14-16,18,25H,1-2,4-5,8-9,12-13H2. The van der Waals surface area contributed by atoms with Gasteiger partial charge < -0.3 is 10.0 Å².